The van der Waals surface area contributed by atoms with Crippen LogP contribution in [-0.4, -0.2) is 12.0 Å². The van der Waals surface area contributed by atoms with E-state index in [1.165, 1.54) is 12.1 Å². The van der Waals surface area contributed by atoms with Gasteiger partial charge in [-0.1, -0.05) is 56.2 Å². The number of hydrogen-bond donors (Lipinski definition) is 0. The summed E-state index contributed by atoms with van der Waals surface area (Å²) in [7, 11) is 0. The van der Waals surface area contributed by atoms with Crippen LogP contribution < -0.4 is 0 Å². The highest BCUT2D eigenvalue weighted by Crippen LogP contribution is 2.29. The minimum absolute atomic E-state index is 0.0709. The van der Waals surface area contributed by atoms with Gasteiger partial charge in [-0.15, -0.1) is 0 Å². The van der Waals surface area contributed by atoms with E-state index in [9.17, 15) is 18.0 Å². The molecule has 0 heterocycles. The highest BCUT2D eigenvalue weighted by Gasteiger charge is 2.38. The lowest BCUT2D eigenvalue weighted by molar-refractivity contribution is -0.0890. The zero-order valence-corrected chi connectivity index (χ0v) is 10.8. The lowest BCUT2D eigenvalue weighted by Gasteiger charge is -2.11. The number of carbonyl (C=O) groups excluding carboxylic acids is 1. The molecule has 0 aromatic heterocycles. The van der Waals surface area contributed by atoms with Crippen molar-refractivity contribution in [3.05, 3.63) is 47.5 Å². The molecule has 0 aliphatic carbocycles. The van der Waals surface area contributed by atoms with Crippen molar-refractivity contribution in [1.82, 2.24) is 0 Å². The average Bonchev–Trinajstić information content (AvgIpc) is 2.37. The Hall–Kier alpha value is -1.58. The average molecular weight is 270 g/mol. The predicted molar refractivity (Wildman–Crippen MR) is 69.1 cm³/mol. The number of hydrogen-bond acceptors (Lipinski definition) is 1. The number of benzene rings is 1. The standard InChI is InChI=1S/C15H17F3O/c1-2-3-4-8-11-13(15(16,17)18)14(19)12-9-6-5-7-10-12/h5-7,9-11H,2-4,8H2,1H3/b13-11-. The summed E-state index contributed by atoms with van der Waals surface area (Å²) in [4.78, 5) is 11.9. The molecule has 0 saturated heterocycles. The number of halogens is 3. The maximum atomic E-state index is 12.9. The van der Waals surface area contributed by atoms with E-state index in [1.54, 1.807) is 18.2 Å². The van der Waals surface area contributed by atoms with E-state index in [4.69, 9.17) is 0 Å². The summed E-state index contributed by atoms with van der Waals surface area (Å²) in [6.45, 7) is 1.98. The third kappa shape index (κ3) is 4.89. The van der Waals surface area contributed by atoms with E-state index < -0.39 is 17.5 Å². The minimum Gasteiger partial charge on any atom is -0.289 e. The maximum Gasteiger partial charge on any atom is 0.419 e. The fourth-order valence-corrected chi connectivity index (χ4v) is 1.72. The van der Waals surface area contributed by atoms with Crippen molar-refractivity contribution in [2.45, 2.75) is 38.8 Å². The van der Waals surface area contributed by atoms with Crippen LogP contribution in [0.3, 0.4) is 0 Å². The third-order valence-corrected chi connectivity index (χ3v) is 2.74. The fraction of sp³-hybridized carbons (Fsp3) is 0.400. The van der Waals surface area contributed by atoms with Gasteiger partial charge in [0.25, 0.3) is 0 Å². The van der Waals surface area contributed by atoms with Crippen molar-refractivity contribution < 1.29 is 18.0 Å². The quantitative estimate of drug-likeness (QED) is 0.406. The van der Waals surface area contributed by atoms with Gasteiger partial charge in [-0.2, -0.15) is 13.2 Å². The van der Waals surface area contributed by atoms with Gasteiger partial charge >= 0.3 is 6.18 Å². The maximum absolute atomic E-state index is 12.9. The van der Waals surface area contributed by atoms with Gasteiger partial charge < -0.3 is 0 Å². The molecule has 104 valence electrons. The van der Waals surface area contributed by atoms with Crippen molar-refractivity contribution in [3.8, 4) is 0 Å². The van der Waals surface area contributed by atoms with Gasteiger partial charge in [0.05, 0.1) is 5.57 Å². The Morgan fingerprint density at radius 3 is 2.32 bits per heavy atom. The second kappa shape index (κ2) is 7.12. The number of allylic oxidation sites excluding steroid dienone is 2. The predicted octanol–water partition coefficient (Wildman–Crippen LogP) is 4.94. The third-order valence-electron chi connectivity index (χ3n) is 2.74. The SMILES string of the molecule is CCCCC/C=C(/C(=O)c1ccccc1)C(F)(F)F. The van der Waals surface area contributed by atoms with Gasteiger partial charge in [0.1, 0.15) is 0 Å². The molecule has 1 rings (SSSR count). The summed E-state index contributed by atoms with van der Waals surface area (Å²) in [6.07, 6.45) is -0.841. The van der Waals surface area contributed by atoms with Crippen LogP contribution in [0.2, 0.25) is 0 Å². The van der Waals surface area contributed by atoms with Crippen molar-refractivity contribution >= 4 is 5.78 Å². The first-order chi connectivity index (χ1) is 8.96. The summed E-state index contributed by atoms with van der Waals surface area (Å²) in [5.74, 6) is -0.954. The number of rotatable bonds is 6. The Morgan fingerprint density at radius 1 is 1.16 bits per heavy atom. The van der Waals surface area contributed by atoms with Crippen molar-refractivity contribution in [2.24, 2.45) is 0 Å². The molecule has 0 atom stereocenters. The lowest BCUT2D eigenvalue weighted by atomic mass is 10.0. The van der Waals surface area contributed by atoms with Crippen molar-refractivity contribution in [3.63, 3.8) is 0 Å². The van der Waals surface area contributed by atoms with Gasteiger partial charge in [0, 0.05) is 5.56 Å². The summed E-state index contributed by atoms with van der Waals surface area (Å²) < 4.78 is 38.6. The van der Waals surface area contributed by atoms with Crippen LogP contribution in [0, 0.1) is 0 Å². The van der Waals surface area contributed by atoms with E-state index in [0.717, 1.165) is 18.9 Å². The molecular weight excluding hydrogens is 253 g/mol. The summed E-state index contributed by atoms with van der Waals surface area (Å²) in [5, 5.41) is 0. The van der Waals surface area contributed by atoms with E-state index in [0.29, 0.717) is 6.42 Å². The van der Waals surface area contributed by atoms with E-state index >= 15 is 0 Å². The second-order valence-corrected chi connectivity index (χ2v) is 4.31. The molecule has 4 heteroatoms. The summed E-state index contributed by atoms with van der Waals surface area (Å²) >= 11 is 0. The molecule has 0 amide bonds. The highest BCUT2D eigenvalue weighted by molar-refractivity contribution is 6.09. The van der Waals surface area contributed by atoms with Gasteiger partial charge in [-0.05, 0) is 12.8 Å². The molecule has 1 aromatic carbocycles. The Labute approximate surface area is 111 Å². The number of ketones is 1. The molecular formula is C15H17F3O. The Bertz CT molecular complexity index is 432. The molecule has 0 saturated carbocycles. The first-order valence-corrected chi connectivity index (χ1v) is 6.34. The normalized spacial score (nSPS) is 12.5. The largest absolute Gasteiger partial charge is 0.419 e. The number of alkyl halides is 3. The van der Waals surface area contributed by atoms with Crippen LogP contribution in [0.4, 0.5) is 13.2 Å². The molecule has 0 spiro atoms. The Morgan fingerprint density at radius 2 is 1.79 bits per heavy atom. The zero-order chi connectivity index (χ0) is 14.3. The van der Waals surface area contributed by atoms with E-state index in [-0.39, 0.29) is 12.0 Å². The van der Waals surface area contributed by atoms with E-state index in [2.05, 4.69) is 0 Å². The summed E-state index contributed by atoms with van der Waals surface area (Å²) in [5.41, 5.74) is -0.989. The molecule has 0 aliphatic rings. The zero-order valence-electron chi connectivity index (χ0n) is 10.8. The molecule has 19 heavy (non-hydrogen) atoms. The van der Waals surface area contributed by atoms with Crippen LogP contribution in [0.1, 0.15) is 43.0 Å². The van der Waals surface area contributed by atoms with Crippen molar-refractivity contribution in [1.29, 1.82) is 0 Å². The van der Waals surface area contributed by atoms with E-state index in [1.807, 2.05) is 6.92 Å². The van der Waals surface area contributed by atoms with Crippen LogP contribution >= 0.6 is 0 Å². The number of unbranched alkanes of at least 4 members (excludes halogenated alkanes) is 3. The molecule has 0 unspecified atom stereocenters. The minimum atomic E-state index is -4.60. The monoisotopic (exact) mass is 270 g/mol. The van der Waals surface area contributed by atoms with Crippen molar-refractivity contribution in [2.75, 3.05) is 0 Å². The first-order valence-electron chi connectivity index (χ1n) is 6.34. The number of carbonyl (C=O) groups is 1. The highest BCUT2D eigenvalue weighted by atomic mass is 19.4. The van der Waals surface area contributed by atoms with Crippen LogP contribution in [0.5, 0.6) is 0 Å². The molecule has 1 nitrogen and oxygen atoms in total. The first kappa shape index (κ1) is 15.5. The second-order valence-electron chi connectivity index (χ2n) is 4.31. The number of Topliss-reactive ketones (excluding diaryl/α,β-unsaturated/α-hetero) is 1. The molecule has 0 bridgehead atoms. The van der Waals surface area contributed by atoms with Gasteiger partial charge in [-0.25, -0.2) is 0 Å². The van der Waals surface area contributed by atoms with Gasteiger partial charge in [-0.3, -0.25) is 4.79 Å². The molecule has 0 fully saturated rings. The topological polar surface area (TPSA) is 17.1 Å². The fourth-order valence-electron chi connectivity index (χ4n) is 1.72. The van der Waals surface area contributed by atoms with Gasteiger partial charge in [0.15, 0.2) is 5.78 Å². The van der Waals surface area contributed by atoms with Crippen LogP contribution in [0.25, 0.3) is 0 Å². The van der Waals surface area contributed by atoms with Gasteiger partial charge in [0.2, 0.25) is 0 Å². The van der Waals surface area contributed by atoms with Crippen LogP contribution in [-0.2, 0) is 0 Å². The summed E-state index contributed by atoms with van der Waals surface area (Å²) in [6, 6.07) is 7.56. The van der Waals surface area contributed by atoms with Crippen LogP contribution in [0.15, 0.2) is 42.0 Å². The molecule has 0 aliphatic heterocycles. The lowest BCUT2D eigenvalue weighted by Crippen LogP contribution is -2.20. The Kier molecular flexibility index (Phi) is 5.80. The molecule has 0 radical (unpaired) electrons. The molecule has 0 N–H and O–H groups in total. The molecule has 1 aromatic rings. The Balaban J connectivity index is 2.89. The smallest absolute Gasteiger partial charge is 0.289 e.